The summed E-state index contributed by atoms with van der Waals surface area (Å²) < 4.78 is 27.6. The molecular weight excluding hydrogens is 424 g/mol. The maximum absolute atomic E-state index is 14.1. The quantitative estimate of drug-likeness (QED) is 0.459. The van der Waals surface area contributed by atoms with E-state index in [0.29, 0.717) is 34.6 Å². The number of fused-ring (bicyclic) bond motifs is 1. The van der Waals surface area contributed by atoms with Crippen LogP contribution in [0.25, 0.3) is 28.7 Å². The summed E-state index contributed by atoms with van der Waals surface area (Å²) in [5.74, 6) is 0.0407. The number of halogens is 2. The first-order valence-corrected chi connectivity index (χ1v) is 11.3. The van der Waals surface area contributed by atoms with Gasteiger partial charge in [0.05, 0.1) is 17.1 Å². The summed E-state index contributed by atoms with van der Waals surface area (Å²) >= 11 is 0. The normalized spacial score (nSPS) is 22.5. The van der Waals surface area contributed by atoms with Crippen molar-refractivity contribution in [1.82, 2.24) is 15.0 Å². The molecular formula is C26H25F2N3O2. The second-order valence-corrected chi connectivity index (χ2v) is 9.02. The Kier molecular flexibility index (Phi) is 5.79. The lowest BCUT2D eigenvalue weighted by atomic mass is 9.77. The van der Waals surface area contributed by atoms with Gasteiger partial charge in [-0.05, 0) is 61.3 Å². The van der Waals surface area contributed by atoms with E-state index in [1.807, 2.05) is 12.1 Å². The van der Waals surface area contributed by atoms with Crippen molar-refractivity contribution in [2.45, 2.75) is 50.6 Å². The van der Waals surface area contributed by atoms with Crippen LogP contribution in [0.5, 0.6) is 0 Å². The molecule has 0 spiro atoms. The van der Waals surface area contributed by atoms with Gasteiger partial charge in [-0.3, -0.25) is 9.78 Å². The number of alkyl halides is 1. The Morgan fingerprint density at radius 3 is 2.45 bits per heavy atom. The number of rotatable bonds is 5. The summed E-state index contributed by atoms with van der Waals surface area (Å²) in [4.78, 5) is 22.8. The summed E-state index contributed by atoms with van der Waals surface area (Å²) in [6, 6.07) is 12.2. The van der Waals surface area contributed by atoms with E-state index in [1.165, 1.54) is 11.6 Å². The predicted molar refractivity (Wildman–Crippen MR) is 122 cm³/mol. The van der Waals surface area contributed by atoms with E-state index in [1.54, 1.807) is 6.20 Å². The van der Waals surface area contributed by atoms with Gasteiger partial charge in [0.25, 0.3) is 0 Å². The lowest BCUT2D eigenvalue weighted by molar-refractivity contribution is -0.138. The number of aromatic amines is 1. The molecule has 0 radical (unpaired) electrons. The molecule has 2 aliphatic carbocycles. The van der Waals surface area contributed by atoms with Gasteiger partial charge in [0, 0.05) is 30.2 Å². The van der Waals surface area contributed by atoms with Crippen LogP contribution in [0.1, 0.15) is 67.6 Å². The molecule has 1 saturated carbocycles. The number of aromatic nitrogens is 3. The monoisotopic (exact) mass is 449 g/mol. The van der Waals surface area contributed by atoms with Gasteiger partial charge in [-0.2, -0.15) is 0 Å². The van der Waals surface area contributed by atoms with E-state index in [4.69, 9.17) is 5.11 Å². The van der Waals surface area contributed by atoms with Gasteiger partial charge in [0.15, 0.2) is 0 Å². The average Bonchev–Trinajstić information content (AvgIpc) is 3.24. The van der Waals surface area contributed by atoms with Crippen molar-refractivity contribution in [2.75, 3.05) is 0 Å². The number of H-pyrrole nitrogens is 1. The van der Waals surface area contributed by atoms with Crippen molar-refractivity contribution in [3.8, 4) is 22.6 Å². The Bertz CT molecular complexity index is 1180. The molecule has 2 heterocycles. The number of nitrogens with one attached hydrogen (secondary N) is 1. The molecule has 0 amide bonds. The summed E-state index contributed by atoms with van der Waals surface area (Å²) in [6.07, 6.45) is 5.53. The maximum Gasteiger partial charge on any atom is 0.303 e. The molecule has 0 bridgehead atoms. The van der Waals surface area contributed by atoms with E-state index < -0.39 is 18.0 Å². The molecule has 0 saturated heterocycles. The van der Waals surface area contributed by atoms with Crippen LogP contribution in [0.3, 0.4) is 0 Å². The Labute approximate surface area is 190 Å². The van der Waals surface area contributed by atoms with Crippen molar-refractivity contribution >= 4 is 12.0 Å². The smallest absolute Gasteiger partial charge is 0.303 e. The lowest BCUT2D eigenvalue weighted by Gasteiger charge is -2.28. The predicted octanol–water partition coefficient (Wildman–Crippen LogP) is 6.61. The number of pyridine rings is 1. The van der Waals surface area contributed by atoms with Gasteiger partial charge < -0.3 is 10.1 Å². The summed E-state index contributed by atoms with van der Waals surface area (Å²) in [5.41, 5.74) is 4.43. The molecule has 2 aromatic heterocycles. The van der Waals surface area contributed by atoms with Crippen LogP contribution in [0.2, 0.25) is 0 Å². The number of aliphatic carboxylic acids is 1. The van der Waals surface area contributed by atoms with E-state index >= 15 is 0 Å². The number of carbonyl (C=O) groups is 1. The molecule has 170 valence electrons. The standard InChI is InChI=1S/C26H25F2N3O2/c27-20-12-21(28)25-23(13-20)30-26(31-25)19-9-10-22(29-14-19)18-7-5-17(6-8-18)16-3-1-15(2-4-16)11-24(32)33/h5-10,13-16,21H,1-4,11-12H2,(H,30,31)(H,32,33). The van der Waals surface area contributed by atoms with Crippen LogP contribution in [0, 0.1) is 5.92 Å². The van der Waals surface area contributed by atoms with Gasteiger partial charge in [-0.15, -0.1) is 0 Å². The zero-order valence-corrected chi connectivity index (χ0v) is 18.1. The third-order valence-corrected chi connectivity index (χ3v) is 6.77. The van der Waals surface area contributed by atoms with Crippen LogP contribution in [0.4, 0.5) is 8.78 Å². The van der Waals surface area contributed by atoms with E-state index in [0.717, 1.165) is 36.9 Å². The number of allylic oxidation sites excluding steroid dienone is 1. The zero-order valence-electron chi connectivity index (χ0n) is 18.1. The fourth-order valence-electron chi connectivity index (χ4n) is 4.94. The van der Waals surface area contributed by atoms with Crippen molar-refractivity contribution in [3.63, 3.8) is 0 Å². The van der Waals surface area contributed by atoms with Crippen LogP contribution < -0.4 is 0 Å². The minimum atomic E-state index is -1.41. The Morgan fingerprint density at radius 2 is 1.79 bits per heavy atom. The zero-order chi connectivity index (χ0) is 22.9. The summed E-state index contributed by atoms with van der Waals surface area (Å²) in [6.45, 7) is 0. The molecule has 1 unspecified atom stereocenters. The first-order chi connectivity index (χ1) is 16.0. The van der Waals surface area contributed by atoms with Crippen LogP contribution >= 0.6 is 0 Å². The maximum atomic E-state index is 14.1. The second-order valence-electron chi connectivity index (χ2n) is 9.02. The first kappa shape index (κ1) is 21.5. The number of carboxylic acid groups (broad SMARTS) is 1. The van der Waals surface area contributed by atoms with Gasteiger partial charge in [0.1, 0.15) is 17.8 Å². The minimum absolute atomic E-state index is 0.258. The third kappa shape index (κ3) is 4.58. The molecule has 2 aliphatic rings. The largest absolute Gasteiger partial charge is 0.481 e. The number of benzene rings is 1. The third-order valence-electron chi connectivity index (χ3n) is 6.77. The highest BCUT2D eigenvalue weighted by Gasteiger charge is 2.26. The number of nitrogens with zero attached hydrogens (tertiary/aromatic N) is 2. The van der Waals surface area contributed by atoms with E-state index in [2.05, 4.69) is 39.2 Å². The van der Waals surface area contributed by atoms with Crippen molar-refractivity contribution in [3.05, 3.63) is 65.4 Å². The van der Waals surface area contributed by atoms with Crippen molar-refractivity contribution < 1.29 is 18.7 Å². The van der Waals surface area contributed by atoms with Crippen LogP contribution in [-0.2, 0) is 4.79 Å². The fraction of sp³-hybridized carbons (Fsp3) is 0.346. The van der Waals surface area contributed by atoms with Crippen molar-refractivity contribution in [1.29, 1.82) is 0 Å². The topological polar surface area (TPSA) is 78.9 Å². The molecule has 5 rings (SSSR count). The highest BCUT2D eigenvalue weighted by Crippen LogP contribution is 2.38. The molecule has 33 heavy (non-hydrogen) atoms. The second kappa shape index (κ2) is 8.89. The SMILES string of the molecule is O=C(O)CC1CCC(c2ccc(-c3ccc(-c4nc5c([nH]4)C(F)CC(F)=C5)cn3)cc2)CC1. The minimum Gasteiger partial charge on any atom is -0.481 e. The molecule has 1 fully saturated rings. The number of hydrogen-bond donors (Lipinski definition) is 2. The fourth-order valence-corrected chi connectivity index (χ4v) is 4.94. The molecule has 2 N–H and O–H groups in total. The van der Waals surface area contributed by atoms with Gasteiger partial charge in [-0.1, -0.05) is 24.3 Å². The molecule has 7 heteroatoms. The number of hydrogen-bond acceptors (Lipinski definition) is 3. The van der Waals surface area contributed by atoms with Gasteiger partial charge in [-0.25, -0.2) is 13.8 Å². The summed E-state index contributed by atoms with van der Waals surface area (Å²) in [5, 5.41) is 8.99. The molecule has 5 nitrogen and oxygen atoms in total. The average molecular weight is 450 g/mol. The number of carboxylic acids is 1. The van der Waals surface area contributed by atoms with Gasteiger partial charge in [0.2, 0.25) is 0 Å². The van der Waals surface area contributed by atoms with E-state index in [9.17, 15) is 13.6 Å². The highest BCUT2D eigenvalue weighted by atomic mass is 19.1. The molecule has 1 aromatic carbocycles. The van der Waals surface area contributed by atoms with Gasteiger partial charge >= 0.3 is 5.97 Å². The Hall–Kier alpha value is -3.35. The molecule has 3 aromatic rings. The molecule has 1 atom stereocenters. The van der Waals surface area contributed by atoms with Crippen LogP contribution in [-0.4, -0.2) is 26.0 Å². The number of imidazole rings is 1. The molecule has 0 aliphatic heterocycles. The van der Waals surface area contributed by atoms with Crippen LogP contribution in [0.15, 0.2) is 48.4 Å². The van der Waals surface area contributed by atoms with Crippen molar-refractivity contribution in [2.24, 2.45) is 5.92 Å². The highest BCUT2D eigenvalue weighted by molar-refractivity contribution is 5.67. The Balaban J connectivity index is 1.27. The lowest BCUT2D eigenvalue weighted by Crippen LogP contribution is -2.16. The first-order valence-electron chi connectivity index (χ1n) is 11.3. The Morgan fingerprint density at radius 1 is 1.06 bits per heavy atom. The van der Waals surface area contributed by atoms with E-state index in [-0.39, 0.29) is 12.8 Å². The summed E-state index contributed by atoms with van der Waals surface area (Å²) in [7, 11) is 0.